The van der Waals surface area contributed by atoms with E-state index in [1.165, 1.54) is 0 Å². The predicted octanol–water partition coefficient (Wildman–Crippen LogP) is 1.18. The van der Waals surface area contributed by atoms with Crippen LogP contribution in [-0.2, 0) is 11.3 Å². The van der Waals surface area contributed by atoms with E-state index in [9.17, 15) is 4.79 Å². The van der Waals surface area contributed by atoms with Crippen molar-refractivity contribution in [1.82, 2.24) is 24.6 Å². The standard InChI is InChI=1S/C16H21N5O/c1-14(21-8-4-7-18-21)16(22)20-11-9-19(10-12-20)13-15-5-2-3-6-17-15/h2-8,14H,9-13H2,1H3. The number of nitrogens with zero attached hydrogens (tertiary/aromatic N) is 5. The van der Waals surface area contributed by atoms with Gasteiger partial charge in [0.1, 0.15) is 6.04 Å². The first-order valence-electron chi connectivity index (χ1n) is 7.64. The van der Waals surface area contributed by atoms with Gasteiger partial charge in [0.05, 0.1) is 5.69 Å². The fourth-order valence-corrected chi connectivity index (χ4v) is 2.73. The molecule has 22 heavy (non-hydrogen) atoms. The molecular weight excluding hydrogens is 278 g/mol. The minimum atomic E-state index is -0.239. The fraction of sp³-hybridized carbons (Fsp3) is 0.438. The van der Waals surface area contributed by atoms with Crippen LogP contribution < -0.4 is 0 Å². The molecule has 0 aliphatic carbocycles. The first-order valence-corrected chi connectivity index (χ1v) is 7.64. The number of rotatable bonds is 4. The van der Waals surface area contributed by atoms with Crippen LogP contribution >= 0.6 is 0 Å². The number of pyridine rings is 1. The summed E-state index contributed by atoms with van der Waals surface area (Å²) in [6, 6.07) is 7.58. The van der Waals surface area contributed by atoms with Gasteiger partial charge in [-0.15, -0.1) is 0 Å². The smallest absolute Gasteiger partial charge is 0.247 e. The molecule has 0 radical (unpaired) electrons. The molecule has 0 bridgehead atoms. The molecule has 3 rings (SSSR count). The highest BCUT2D eigenvalue weighted by Crippen LogP contribution is 2.12. The number of carbonyl (C=O) groups excluding carboxylic acids is 1. The van der Waals surface area contributed by atoms with Crippen molar-refractivity contribution in [2.45, 2.75) is 19.5 Å². The Morgan fingerprint density at radius 2 is 2.00 bits per heavy atom. The molecule has 0 aromatic carbocycles. The largest absolute Gasteiger partial charge is 0.338 e. The maximum atomic E-state index is 12.5. The van der Waals surface area contributed by atoms with Crippen molar-refractivity contribution in [2.75, 3.05) is 26.2 Å². The Balaban J connectivity index is 1.52. The number of piperazine rings is 1. The maximum absolute atomic E-state index is 12.5. The monoisotopic (exact) mass is 299 g/mol. The highest BCUT2D eigenvalue weighted by atomic mass is 16.2. The summed E-state index contributed by atoms with van der Waals surface area (Å²) in [4.78, 5) is 21.1. The fourth-order valence-electron chi connectivity index (χ4n) is 2.73. The van der Waals surface area contributed by atoms with Crippen LogP contribution in [0, 0.1) is 0 Å². The van der Waals surface area contributed by atoms with E-state index in [1.54, 1.807) is 10.9 Å². The summed E-state index contributed by atoms with van der Waals surface area (Å²) in [5, 5.41) is 4.15. The van der Waals surface area contributed by atoms with E-state index in [2.05, 4.69) is 15.0 Å². The molecule has 1 amide bonds. The molecular formula is C16H21N5O. The average Bonchev–Trinajstić information content (AvgIpc) is 3.10. The Labute approximate surface area is 130 Å². The van der Waals surface area contributed by atoms with Crippen molar-refractivity contribution < 1.29 is 4.79 Å². The van der Waals surface area contributed by atoms with Gasteiger partial charge >= 0.3 is 0 Å². The third-order valence-corrected chi connectivity index (χ3v) is 4.07. The molecule has 1 aliphatic rings. The molecule has 1 saturated heterocycles. The summed E-state index contributed by atoms with van der Waals surface area (Å²) in [7, 11) is 0. The molecule has 1 atom stereocenters. The quantitative estimate of drug-likeness (QED) is 0.851. The summed E-state index contributed by atoms with van der Waals surface area (Å²) >= 11 is 0. The molecule has 1 fully saturated rings. The predicted molar refractivity (Wildman–Crippen MR) is 83.0 cm³/mol. The Kier molecular flexibility index (Phi) is 4.48. The third-order valence-electron chi connectivity index (χ3n) is 4.07. The van der Waals surface area contributed by atoms with Gasteiger partial charge in [0.25, 0.3) is 0 Å². The van der Waals surface area contributed by atoms with E-state index < -0.39 is 0 Å². The van der Waals surface area contributed by atoms with E-state index in [1.807, 2.05) is 48.5 Å². The molecule has 6 heteroatoms. The van der Waals surface area contributed by atoms with Gasteiger partial charge in [-0.05, 0) is 25.1 Å². The van der Waals surface area contributed by atoms with Gasteiger partial charge in [0.2, 0.25) is 5.91 Å². The van der Waals surface area contributed by atoms with Crippen LogP contribution in [0.1, 0.15) is 18.7 Å². The highest BCUT2D eigenvalue weighted by Gasteiger charge is 2.26. The average molecular weight is 299 g/mol. The van der Waals surface area contributed by atoms with Crippen LogP contribution in [-0.4, -0.2) is 56.7 Å². The number of hydrogen-bond acceptors (Lipinski definition) is 4. The first kappa shape index (κ1) is 14.7. The van der Waals surface area contributed by atoms with Crippen molar-refractivity contribution in [3.05, 3.63) is 48.5 Å². The van der Waals surface area contributed by atoms with Crippen LogP contribution in [0.4, 0.5) is 0 Å². The van der Waals surface area contributed by atoms with Crippen molar-refractivity contribution in [3.8, 4) is 0 Å². The van der Waals surface area contributed by atoms with E-state index in [-0.39, 0.29) is 11.9 Å². The van der Waals surface area contributed by atoms with Crippen molar-refractivity contribution >= 4 is 5.91 Å². The molecule has 0 spiro atoms. The second kappa shape index (κ2) is 6.70. The Morgan fingerprint density at radius 3 is 2.64 bits per heavy atom. The second-order valence-electron chi connectivity index (χ2n) is 5.58. The zero-order valence-electron chi connectivity index (χ0n) is 12.8. The molecule has 3 heterocycles. The highest BCUT2D eigenvalue weighted by molar-refractivity contribution is 5.80. The van der Waals surface area contributed by atoms with E-state index >= 15 is 0 Å². The number of aromatic nitrogens is 3. The van der Waals surface area contributed by atoms with E-state index in [4.69, 9.17) is 0 Å². The molecule has 116 valence electrons. The second-order valence-corrected chi connectivity index (χ2v) is 5.58. The van der Waals surface area contributed by atoms with Crippen LogP contribution in [0.25, 0.3) is 0 Å². The van der Waals surface area contributed by atoms with E-state index in [0.717, 1.165) is 38.4 Å². The molecule has 2 aromatic heterocycles. The van der Waals surface area contributed by atoms with Crippen LogP contribution in [0.5, 0.6) is 0 Å². The Hall–Kier alpha value is -2.21. The van der Waals surface area contributed by atoms with Crippen LogP contribution in [0.3, 0.4) is 0 Å². The lowest BCUT2D eigenvalue weighted by Crippen LogP contribution is -2.50. The van der Waals surface area contributed by atoms with Gasteiger partial charge < -0.3 is 4.90 Å². The van der Waals surface area contributed by atoms with Gasteiger partial charge in [-0.3, -0.25) is 19.4 Å². The van der Waals surface area contributed by atoms with Gasteiger partial charge in [-0.1, -0.05) is 6.07 Å². The van der Waals surface area contributed by atoms with E-state index in [0.29, 0.717) is 0 Å². The minimum absolute atomic E-state index is 0.140. The van der Waals surface area contributed by atoms with Gasteiger partial charge in [-0.25, -0.2) is 0 Å². The maximum Gasteiger partial charge on any atom is 0.247 e. The molecule has 2 aromatic rings. The zero-order chi connectivity index (χ0) is 15.4. The van der Waals surface area contributed by atoms with Crippen molar-refractivity contribution in [3.63, 3.8) is 0 Å². The SMILES string of the molecule is CC(C(=O)N1CCN(Cc2ccccn2)CC1)n1cccn1. The number of amides is 1. The lowest BCUT2D eigenvalue weighted by molar-refractivity contribution is -0.136. The van der Waals surface area contributed by atoms with Gasteiger partial charge in [0.15, 0.2) is 0 Å². The van der Waals surface area contributed by atoms with Crippen molar-refractivity contribution in [1.29, 1.82) is 0 Å². The van der Waals surface area contributed by atoms with Crippen molar-refractivity contribution in [2.24, 2.45) is 0 Å². The first-order chi connectivity index (χ1) is 10.7. The summed E-state index contributed by atoms with van der Waals surface area (Å²) in [5.41, 5.74) is 1.08. The zero-order valence-corrected chi connectivity index (χ0v) is 12.8. The normalized spacial score (nSPS) is 17.4. The summed E-state index contributed by atoms with van der Waals surface area (Å²) < 4.78 is 1.71. The molecule has 1 aliphatic heterocycles. The van der Waals surface area contributed by atoms with Crippen LogP contribution in [0.15, 0.2) is 42.9 Å². The number of hydrogen-bond donors (Lipinski definition) is 0. The molecule has 1 unspecified atom stereocenters. The summed E-state index contributed by atoms with van der Waals surface area (Å²) in [6.45, 7) is 6.03. The summed E-state index contributed by atoms with van der Waals surface area (Å²) in [5.74, 6) is 0.140. The molecule has 6 nitrogen and oxygen atoms in total. The third kappa shape index (κ3) is 3.33. The van der Waals surface area contributed by atoms with Crippen LogP contribution in [0.2, 0.25) is 0 Å². The minimum Gasteiger partial charge on any atom is -0.338 e. The van der Waals surface area contributed by atoms with Gasteiger partial charge in [-0.2, -0.15) is 5.10 Å². The number of carbonyl (C=O) groups is 1. The molecule has 0 N–H and O–H groups in total. The Morgan fingerprint density at radius 1 is 1.18 bits per heavy atom. The summed E-state index contributed by atoms with van der Waals surface area (Å²) in [6.07, 6.45) is 5.36. The molecule has 0 saturated carbocycles. The lowest BCUT2D eigenvalue weighted by atomic mass is 10.2. The lowest BCUT2D eigenvalue weighted by Gasteiger charge is -2.35. The topological polar surface area (TPSA) is 54.3 Å². The Bertz CT molecular complexity index is 590. The van der Waals surface area contributed by atoms with Gasteiger partial charge in [0, 0.05) is 51.3 Å².